The molecule has 1 aliphatic rings. The first-order chi connectivity index (χ1) is 10.2. The van der Waals surface area contributed by atoms with Gasteiger partial charge in [0.15, 0.2) is 5.78 Å². The molecule has 1 aliphatic carbocycles. The molecular weight excluding hydrogens is 264 g/mol. The Balaban J connectivity index is 2.01. The molecule has 1 unspecified atom stereocenters. The Hall–Kier alpha value is -2.36. The molecule has 1 atom stereocenters. The molecule has 0 radical (unpaired) electrons. The van der Waals surface area contributed by atoms with E-state index < -0.39 is 0 Å². The van der Waals surface area contributed by atoms with E-state index in [0.29, 0.717) is 17.0 Å². The van der Waals surface area contributed by atoms with E-state index in [4.69, 9.17) is 10.5 Å². The standard InChI is InChI=1S/C17H18N2O2/c1-21-14-9-3-7-12(15(14)18)17(20)13-8-2-5-11-6-4-10-19-16(11)13/h3-4,6-7,9-10,13H,2,5,8,18H2,1H3. The van der Waals surface area contributed by atoms with Gasteiger partial charge < -0.3 is 10.5 Å². The summed E-state index contributed by atoms with van der Waals surface area (Å²) in [5.74, 6) is 0.369. The predicted molar refractivity (Wildman–Crippen MR) is 81.7 cm³/mol. The molecule has 0 bridgehead atoms. The number of carbonyl (C=O) groups excluding carboxylic acids is 1. The van der Waals surface area contributed by atoms with Gasteiger partial charge in [-0.3, -0.25) is 9.78 Å². The summed E-state index contributed by atoms with van der Waals surface area (Å²) in [7, 11) is 1.55. The second kappa shape index (κ2) is 5.56. The molecule has 2 aromatic rings. The molecule has 0 saturated heterocycles. The number of aryl methyl sites for hydroxylation is 1. The normalized spacial score (nSPS) is 17.1. The zero-order chi connectivity index (χ0) is 14.8. The second-order valence-electron chi connectivity index (χ2n) is 5.28. The fraction of sp³-hybridized carbons (Fsp3) is 0.294. The maximum absolute atomic E-state index is 12.9. The number of Topliss-reactive ketones (excluding diaryl/α,β-unsaturated/α-hetero) is 1. The molecule has 0 aliphatic heterocycles. The molecule has 0 spiro atoms. The van der Waals surface area contributed by atoms with Crippen molar-refractivity contribution in [2.45, 2.75) is 25.2 Å². The van der Waals surface area contributed by atoms with Crippen LogP contribution in [0.3, 0.4) is 0 Å². The average Bonchev–Trinajstić information content (AvgIpc) is 2.54. The third kappa shape index (κ3) is 2.37. The number of benzene rings is 1. The van der Waals surface area contributed by atoms with E-state index >= 15 is 0 Å². The Labute approximate surface area is 124 Å². The van der Waals surface area contributed by atoms with Gasteiger partial charge in [0.1, 0.15) is 5.75 Å². The molecule has 108 valence electrons. The number of carbonyl (C=O) groups is 1. The van der Waals surface area contributed by atoms with E-state index in [-0.39, 0.29) is 11.7 Å². The fourth-order valence-corrected chi connectivity index (χ4v) is 2.99. The molecule has 1 aromatic heterocycles. The number of para-hydroxylation sites is 1. The Bertz CT molecular complexity index is 682. The van der Waals surface area contributed by atoms with Gasteiger partial charge in [0.25, 0.3) is 0 Å². The lowest BCUT2D eigenvalue weighted by atomic mass is 9.81. The molecule has 2 N–H and O–H groups in total. The Kier molecular flexibility index (Phi) is 3.60. The van der Waals surface area contributed by atoms with Crippen LogP contribution in [0.4, 0.5) is 5.69 Å². The van der Waals surface area contributed by atoms with E-state index in [2.05, 4.69) is 11.1 Å². The predicted octanol–water partition coefficient (Wildman–Crippen LogP) is 2.98. The largest absolute Gasteiger partial charge is 0.495 e. The number of ether oxygens (including phenoxy) is 1. The van der Waals surface area contributed by atoms with Gasteiger partial charge in [-0.2, -0.15) is 0 Å². The van der Waals surface area contributed by atoms with Gasteiger partial charge in [-0.1, -0.05) is 12.1 Å². The average molecular weight is 282 g/mol. The van der Waals surface area contributed by atoms with Crippen molar-refractivity contribution in [2.75, 3.05) is 12.8 Å². The lowest BCUT2D eigenvalue weighted by Crippen LogP contribution is -2.21. The minimum Gasteiger partial charge on any atom is -0.495 e. The van der Waals surface area contributed by atoms with Crippen molar-refractivity contribution in [3.05, 3.63) is 53.3 Å². The zero-order valence-corrected chi connectivity index (χ0v) is 12.0. The lowest BCUT2D eigenvalue weighted by molar-refractivity contribution is 0.0949. The highest BCUT2D eigenvalue weighted by atomic mass is 16.5. The van der Waals surface area contributed by atoms with Crippen molar-refractivity contribution < 1.29 is 9.53 Å². The summed E-state index contributed by atoms with van der Waals surface area (Å²) in [4.78, 5) is 17.3. The Morgan fingerprint density at radius 1 is 1.33 bits per heavy atom. The van der Waals surface area contributed by atoms with E-state index in [1.165, 1.54) is 5.56 Å². The molecule has 0 fully saturated rings. The third-order valence-electron chi connectivity index (χ3n) is 4.06. The molecule has 0 amide bonds. The summed E-state index contributed by atoms with van der Waals surface area (Å²) in [5.41, 5.74) is 9.06. The highest BCUT2D eigenvalue weighted by Gasteiger charge is 2.29. The van der Waals surface area contributed by atoms with Crippen LogP contribution >= 0.6 is 0 Å². The van der Waals surface area contributed by atoms with Crippen molar-refractivity contribution in [3.8, 4) is 5.75 Å². The van der Waals surface area contributed by atoms with Crippen LogP contribution in [0, 0.1) is 0 Å². The first-order valence-electron chi connectivity index (χ1n) is 7.13. The number of nitrogens with zero attached hydrogens (tertiary/aromatic N) is 1. The van der Waals surface area contributed by atoms with Crippen LogP contribution in [0.15, 0.2) is 36.5 Å². The molecule has 4 nitrogen and oxygen atoms in total. The maximum Gasteiger partial charge on any atom is 0.174 e. The number of hydrogen-bond donors (Lipinski definition) is 1. The van der Waals surface area contributed by atoms with Crippen LogP contribution in [0.1, 0.15) is 40.4 Å². The van der Waals surface area contributed by atoms with Gasteiger partial charge in [-0.25, -0.2) is 0 Å². The zero-order valence-electron chi connectivity index (χ0n) is 12.0. The summed E-state index contributed by atoms with van der Waals surface area (Å²) in [6.07, 6.45) is 4.55. The van der Waals surface area contributed by atoms with Crippen LogP contribution in [-0.4, -0.2) is 17.9 Å². The summed E-state index contributed by atoms with van der Waals surface area (Å²) < 4.78 is 5.20. The first kappa shape index (κ1) is 13.6. The summed E-state index contributed by atoms with van der Waals surface area (Å²) >= 11 is 0. The van der Waals surface area contributed by atoms with E-state index in [9.17, 15) is 4.79 Å². The first-order valence-corrected chi connectivity index (χ1v) is 7.13. The van der Waals surface area contributed by atoms with Crippen LogP contribution in [0.5, 0.6) is 5.75 Å². The quantitative estimate of drug-likeness (QED) is 0.694. The van der Waals surface area contributed by atoms with Gasteiger partial charge in [0.2, 0.25) is 0 Å². The Morgan fingerprint density at radius 2 is 2.19 bits per heavy atom. The van der Waals surface area contributed by atoms with Crippen molar-refractivity contribution in [1.82, 2.24) is 4.98 Å². The van der Waals surface area contributed by atoms with Crippen molar-refractivity contribution >= 4 is 11.5 Å². The summed E-state index contributed by atoms with van der Waals surface area (Å²) in [5, 5.41) is 0. The lowest BCUT2D eigenvalue weighted by Gasteiger charge is -2.23. The molecule has 21 heavy (non-hydrogen) atoms. The minimum atomic E-state index is -0.204. The third-order valence-corrected chi connectivity index (χ3v) is 4.06. The number of methoxy groups -OCH3 is 1. The highest BCUT2D eigenvalue weighted by Crippen LogP contribution is 2.35. The number of fused-ring (bicyclic) bond motifs is 1. The smallest absolute Gasteiger partial charge is 0.174 e. The van der Waals surface area contributed by atoms with E-state index in [1.54, 1.807) is 31.5 Å². The molecule has 1 heterocycles. The van der Waals surface area contributed by atoms with Gasteiger partial charge >= 0.3 is 0 Å². The number of aromatic nitrogens is 1. The van der Waals surface area contributed by atoms with Gasteiger partial charge in [-0.05, 0) is 43.0 Å². The monoisotopic (exact) mass is 282 g/mol. The van der Waals surface area contributed by atoms with Crippen LogP contribution in [0.25, 0.3) is 0 Å². The van der Waals surface area contributed by atoms with Crippen LogP contribution < -0.4 is 10.5 Å². The van der Waals surface area contributed by atoms with Crippen LogP contribution in [0.2, 0.25) is 0 Å². The molecule has 0 saturated carbocycles. The molecule has 1 aromatic carbocycles. The Morgan fingerprint density at radius 3 is 3.00 bits per heavy atom. The van der Waals surface area contributed by atoms with Gasteiger partial charge in [0, 0.05) is 11.8 Å². The SMILES string of the molecule is COc1cccc(C(=O)C2CCCc3cccnc32)c1N. The number of ketones is 1. The number of nitrogen functional groups attached to an aromatic ring is 1. The number of nitrogens with two attached hydrogens (primary N) is 1. The van der Waals surface area contributed by atoms with Crippen LogP contribution in [-0.2, 0) is 6.42 Å². The van der Waals surface area contributed by atoms with E-state index in [1.807, 2.05) is 6.07 Å². The van der Waals surface area contributed by atoms with E-state index in [0.717, 1.165) is 25.0 Å². The topological polar surface area (TPSA) is 65.2 Å². The molecule has 4 heteroatoms. The highest BCUT2D eigenvalue weighted by molar-refractivity contribution is 6.05. The number of pyridine rings is 1. The maximum atomic E-state index is 12.9. The molecular formula is C17H18N2O2. The second-order valence-corrected chi connectivity index (χ2v) is 5.28. The van der Waals surface area contributed by atoms with Crippen molar-refractivity contribution in [2.24, 2.45) is 0 Å². The summed E-state index contributed by atoms with van der Waals surface area (Å²) in [6.45, 7) is 0. The van der Waals surface area contributed by atoms with Gasteiger partial charge in [-0.15, -0.1) is 0 Å². The molecule has 3 rings (SSSR count). The van der Waals surface area contributed by atoms with Crippen molar-refractivity contribution in [1.29, 1.82) is 0 Å². The van der Waals surface area contributed by atoms with Gasteiger partial charge in [0.05, 0.1) is 24.4 Å². The number of hydrogen-bond acceptors (Lipinski definition) is 4. The van der Waals surface area contributed by atoms with Crippen molar-refractivity contribution in [3.63, 3.8) is 0 Å². The fourth-order valence-electron chi connectivity index (χ4n) is 2.99. The minimum absolute atomic E-state index is 0.0334. The number of anilines is 1. The number of rotatable bonds is 3. The summed E-state index contributed by atoms with van der Waals surface area (Å²) in [6, 6.07) is 9.30.